The van der Waals surface area contributed by atoms with Gasteiger partial charge in [-0.2, -0.15) is 0 Å². The summed E-state index contributed by atoms with van der Waals surface area (Å²) in [6, 6.07) is 11.8. The minimum absolute atomic E-state index is 0.421. The maximum absolute atomic E-state index is 5.95. The van der Waals surface area contributed by atoms with Crippen LogP contribution < -0.4 is 5.73 Å². The van der Waals surface area contributed by atoms with Gasteiger partial charge in [-0.25, -0.2) is 0 Å². The van der Waals surface area contributed by atoms with Crippen LogP contribution in [0.2, 0.25) is 0 Å². The molecular weight excluding hydrogens is 196 g/mol. The highest BCUT2D eigenvalue weighted by atomic mass is 15.2. The SMILES string of the molecule is CCC(c1ccccc1)N1CCC(N)CC1. The van der Waals surface area contributed by atoms with Crippen molar-refractivity contribution < 1.29 is 0 Å². The second-order valence-electron chi connectivity index (χ2n) is 4.71. The Morgan fingerprint density at radius 3 is 2.44 bits per heavy atom. The normalized spacial score (nSPS) is 20.9. The molecule has 2 nitrogen and oxygen atoms in total. The third-order valence-corrected chi connectivity index (χ3v) is 3.59. The predicted molar refractivity (Wildman–Crippen MR) is 68.3 cm³/mol. The maximum atomic E-state index is 5.95. The van der Waals surface area contributed by atoms with Gasteiger partial charge in [-0.05, 0) is 24.8 Å². The lowest BCUT2D eigenvalue weighted by atomic mass is 9.98. The van der Waals surface area contributed by atoms with Crippen LogP contribution in [0.25, 0.3) is 0 Å². The second kappa shape index (κ2) is 5.46. The fourth-order valence-electron chi connectivity index (χ4n) is 2.61. The van der Waals surface area contributed by atoms with Crippen LogP contribution in [0.1, 0.15) is 37.8 Å². The average Bonchev–Trinajstić information content (AvgIpc) is 2.34. The summed E-state index contributed by atoms with van der Waals surface area (Å²) in [7, 11) is 0. The van der Waals surface area contributed by atoms with Gasteiger partial charge in [0, 0.05) is 25.2 Å². The van der Waals surface area contributed by atoms with Gasteiger partial charge in [0.25, 0.3) is 0 Å². The summed E-state index contributed by atoms with van der Waals surface area (Å²) < 4.78 is 0. The van der Waals surface area contributed by atoms with Crippen molar-refractivity contribution in [2.24, 2.45) is 5.73 Å². The number of hydrogen-bond acceptors (Lipinski definition) is 2. The summed E-state index contributed by atoms with van der Waals surface area (Å²) >= 11 is 0. The molecule has 2 rings (SSSR count). The predicted octanol–water partition coefficient (Wildman–Crippen LogP) is 2.56. The summed E-state index contributed by atoms with van der Waals surface area (Å²) in [5.74, 6) is 0. The molecule has 1 unspecified atom stereocenters. The van der Waals surface area contributed by atoms with E-state index in [9.17, 15) is 0 Å². The Kier molecular flexibility index (Phi) is 3.97. The number of nitrogens with zero attached hydrogens (tertiary/aromatic N) is 1. The first-order valence-electron chi connectivity index (χ1n) is 6.36. The Balaban J connectivity index is 2.05. The van der Waals surface area contributed by atoms with Gasteiger partial charge in [-0.3, -0.25) is 4.90 Å². The van der Waals surface area contributed by atoms with Crippen LogP contribution in [-0.4, -0.2) is 24.0 Å². The van der Waals surface area contributed by atoms with Crippen LogP contribution in [0.3, 0.4) is 0 Å². The summed E-state index contributed by atoms with van der Waals surface area (Å²) in [5, 5.41) is 0. The molecule has 1 fully saturated rings. The zero-order chi connectivity index (χ0) is 11.4. The number of piperidine rings is 1. The van der Waals surface area contributed by atoms with E-state index in [0.29, 0.717) is 12.1 Å². The zero-order valence-corrected chi connectivity index (χ0v) is 10.1. The van der Waals surface area contributed by atoms with E-state index in [-0.39, 0.29) is 0 Å². The molecule has 1 aromatic rings. The number of hydrogen-bond donors (Lipinski definition) is 1. The van der Waals surface area contributed by atoms with Gasteiger partial charge in [0.05, 0.1) is 0 Å². The fourth-order valence-corrected chi connectivity index (χ4v) is 2.61. The molecule has 0 aromatic heterocycles. The number of benzene rings is 1. The quantitative estimate of drug-likeness (QED) is 0.845. The monoisotopic (exact) mass is 218 g/mol. The van der Waals surface area contributed by atoms with Crippen LogP contribution >= 0.6 is 0 Å². The van der Waals surface area contributed by atoms with Crippen molar-refractivity contribution in [3.63, 3.8) is 0 Å². The van der Waals surface area contributed by atoms with Crippen molar-refractivity contribution in [2.75, 3.05) is 13.1 Å². The highest BCUT2D eigenvalue weighted by Gasteiger charge is 2.23. The Labute approximate surface area is 98.4 Å². The van der Waals surface area contributed by atoms with Gasteiger partial charge >= 0.3 is 0 Å². The van der Waals surface area contributed by atoms with Gasteiger partial charge in [0.2, 0.25) is 0 Å². The molecule has 16 heavy (non-hydrogen) atoms. The summed E-state index contributed by atoms with van der Waals surface area (Å²) in [4.78, 5) is 2.58. The third kappa shape index (κ3) is 2.63. The van der Waals surface area contributed by atoms with Crippen molar-refractivity contribution in [3.8, 4) is 0 Å². The molecule has 0 saturated carbocycles. The molecule has 0 aliphatic carbocycles. The van der Waals surface area contributed by atoms with E-state index >= 15 is 0 Å². The first kappa shape index (κ1) is 11.6. The molecule has 2 heteroatoms. The molecular formula is C14H22N2. The van der Waals surface area contributed by atoms with Crippen LogP contribution in [0.5, 0.6) is 0 Å². The first-order valence-corrected chi connectivity index (χ1v) is 6.36. The van der Waals surface area contributed by atoms with Gasteiger partial charge in [-0.15, -0.1) is 0 Å². The molecule has 2 N–H and O–H groups in total. The average molecular weight is 218 g/mol. The Morgan fingerprint density at radius 2 is 1.88 bits per heavy atom. The highest BCUT2D eigenvalue weighted by molar-refractivity contribution is 5.19. The standard InChI is InChI=1S/C14H22N2/c1-2-14(12-6-4-3-5-7-12)16-10-8-13(15)9-11-16/h3-7,13-14H,2,8-11,15H2,1H3. The minimum atomic E-state index is 0.421. The van der Waals surface area contributed by atoms with Crippen molar-refractivity contribution in [1.29, 1.82) is 0 Å². The lowest BCUT2D eigenvalue weighted by molar-refractivity contribution is 0.149. The maximum Gasteiger partial charge on any atom is 0.0345 e. The summed E-state index contributed by atoms with van der Waals surface area (Å²) in [5.41, 5.74) is 7.40. The molecule has 0 amide bonds. The Bertz CT molecular complexity index is 302. The smallest absolute Gasteiger partial charge is 0.0345 e. The van der Waals surface area contributed by atoms with Gasteiger partial charge in [-0.1, -0.05) is 37.3 Å². The number of likely N-dealkylation sites (tertiary alicyclic amines) is 1. The third-order valence-electron chi connectivity index (χ3n) is 3.59. The van der Waals surface area contributed by atoms with Crippen molar-refractivity contribution in [1.82, 2.24) is 4.90 Å². The molecule has 1 aromatic carbocycles. The van der Waals surface area contributed by atoms with Gasteiger partial charge in [0.15, 0.2) is 0 Å². The fraction of sp³-hybridized carbons (Fsp3) is 0.571. The Morgan fingerprint density at radius 1 is 1.25 bits per heavy atom. The van der Waals surface area contributed by atoms with E-state index in [1.165, 1.54) is 12.0 Å². The molecule has 1 aliphatic heterocycles. The van der Waals surface area contributed by atoms with E-state index in [2.05, 4.69) is 42.2 Å². The summed E-state index contributed by atoms with van der Waals surface area (Å²) in [6.07, 6.45) is 3.46. The van der Waals surface area contributed by atoms with Crippen LogP contribution in [0.15, 0.2) is 30.3 Å². The molecule has 0 radical (unpaired) electrons. The molecule has 1 atom stereocenters. The first-order chi connectivity index (χ1) is 7.81. The molecule has 0 bridgehead atoms. The van der Waals surface area contributed by atoms with Crippen LogP contribution in [-0.2, 0) is 0 Å². The van der Waals surface area contributed by atoms with E-state index in [0.717, 1.165) is 25.9 Å². The molecule has 1 heterocycles. The van der Waals surface area contributed by atoms with E-state index < -0.39 is 0 Å². The zero-order valence-electron chi connectivity index (χ0n) is 10.1. The molecule has 1 saturated heterocycles. The van der Waals surface area contributed by atoms with Crippen molar-refractivity contribution in [3.05, 3.63) is 35.9 Å². The van der Waals surface area contributed by atoms with Gasteiger partial charge in [0.1, 0.15) is 0 Å². The number of rotatable bonds is 3. The summed E-state index contributed by atoms with van der Waals surface area (Å²) in [6.45, 7) is 4.56. The van der Waals surface area contributed by atoms with E-state index in [1.54, 1.807) is 0 Å². The van der Waals surface area contributed by atoms with E-state index in [4.69, 9.17) is 5.73 Å². The highest BCUT2D eigenvalue weighted by Crippen LogP contribution is 2.26. The molecule has 88 valence electrons. The minimum Gasteiger partial charge on any atom is -0.328 e. The lowest BCUT2D eigenvalue weighted by Crippen LogP contribution is -2.41. The van der Waals surface area contributed by atoms with Crippen LogP contribution in [0.4, 0.5) is 0 Å². The van der Waals surface area contributed by atoms with Gasteiger partial charge < -0.3 is 5.73 Å². The van der Waals surface area contributed by atoms with Crippen molar-refractivity contribution >= 4 is 0 Å². The van der Waals surface area contributed by atoms with Crippen molar-refractivity contribution in [2.45, 2.75) is 38.3 Å². The van der Waals surface area contributed by atoms with Crippen LogP contribution in [0, 0.1) is 0 Å². The molecule has 0 spiro atoms. The largest absolute Gasteiger partial charge is 0.328 e. The number of nitrogens with two attached hydrogens (primary N) is 1. The topological polar surface area (TPSA) is 29.3 Å². The lowest BCUT2D eigenvalue weighted by Gasteiger charge is -2.36. The second-order valence-corrected chi connectivity index (χ2v) is 4.71. The molecule has 1 aliphatic rings. The van der Waals surface area contributed by atoms with E-state index in [1.807, 2.05) is 0 Å². The Hall–Kier alpha value is -0.860.